The van der Waals surface area contributed by atoms with Gasteiger partial charge in [0, 0.05) is 19.1 Å². The number of likely N-dealkylation sites (N-methyl/N-ethyl adjacent to an activating group) is 2. The summed E-state index contributed by atoms with van der Waals surface area (Å²) in [5.41, 5.74) is 0. The van der Waals surface area contributed by atoms with E-state index in [1.54, 1.807) is 0 Å². The van der Waals surface area contributed by atoms with Crippen molar-refractivity contribution < 1.29 is 4.79 Å². The number of hydrogen-bond donors (Lipinski definition) is 1. The predicted molar refractivity (Wildman–Crippen MR) is 61.8 cm³/mol. The molecule has 1 aliphatic heterocycles. The lowest BCUT2D eigenvalue weighted by Crippen LogP contribution is -2.39. The maximum Gasteiger partial charge on any atom is 0.236 e. The van der Waals surface area contributed by atoms with Crippen molar-refractivity contribution in [3.05, 3.63) is 0 Å². The molecule has 0 aliphatic carbocycles. The van der Waals surface area contributed by atoms with Gasteiger partial charge in [0.2, 0.25) is 5.91 Å². The Balaban J connectivity index is 2.43. The van der Waals surface area contributed by atoms with Gasteiger partial charge in [0.1, 0.15) is 0 Å². The van der Waals surface area contributed by atoms with Gasteiger partial charge in [-0.25, -0.2) is 0 Å². The van der Waals surface area contributed by atoms with Crippen molar-refractivity contribution in [1.82, 2.24) is 15.1 Å². The number of nitrogens with zero attached hydrogens (tertiary/aromatic N) is 2. The molecule has 1 heterocycles. The summed E-state index contributed by atoms with van der Waals surface area (Å²) in [7, 11) is 4.17. The molecule has 2 unspecified atom stereocenters. The Morgan fingerprint density at radius 2 is 2.13 bits per heavy atom. The average molecular weight is 213 g/mol. The fraction of sp³-hybridized carbons (Fsp3) is 0.909. The Morgan fingerprint density at radius 1 is 1.47 bits per heavy atom. The minimum absolute atomic E-state index is 0.230. The van der Waals surface area contributed by atoms with E-state index < -0.39 is 0 Å². The zero-order valence-corrected chi connectivity index (χ0v) is 10.3. The van der Waals surface area contributed by atoms with Crippen LogP contribution in [0.3, 0.4) is 0 Å². The molecule has 0 aromatic carbocycles. The molecule has 1 rings (SSSR count). The third-order valence-corrected chi connectivity index (χ3v) is 3.11. The minimum Gasteiger partial charge on any atom is -0.340 e. The third kappa shape index (κ3) is 3.18. The largest absolute Gasteiger partial charge is 0.340 e. The summed E-state index contributed by atoms with van der Waals surface area (Å²) in [6.45, 7) is 7.33. The highest BCUT2D eigenvalue weighted by Gasteiger charge is 2.33. The fourth-order valence-electron chi connectivity index (χ4n) is 2.17. The van der Waals surface area contributed by atoms with Gasteiger partial charge in [-0.1, -0.05) is 13.8 Å². The monoisotopic (exact) mass is 213 g/mol. The number of hydrogen-bond acceptors (Lipinski definition) is 3. The van der Waals surface area contributed by atoms with Gasteiger partial charge in [0.15, 0.2) is 0 Å². The van der Waals surface area contributed by atoms with E-state index in [2.05, 4.69) is 31.2 Å². The summed E-state index contributed by atoms with van der Waals surface area (Å²) in [6, 6.07) is 0.510. The molecule has 0 aromatic rings. The topological polar surface area (TPSA) is 35.6 Å². The van der Waals surface area contributed by atoms with Gasteiger partial charge in [-0.3, -0.25) is 4.79 Å². The molecule has 0 spiro atoms. The van der Waals surface area contributed by atoms with Crippen molar-refractivity contribution in [3.63, 3.8) is 0 Å². The molecule has 1 aliphatic rings. The van der Waals surface area contributed by atoms with Gasteiger partial charge in [-0.05, 0) is 26.6 Å². The molecule has 2 atom stereocenters. The summed E-state index contributed by atoms with van der Waals surface area (Å²) in [4.78, 5) is 15.9. The zero-order chi connectivity index (χ0) is 11.4. The molecular weight excluding hydrogens is 190 g/mol. The average Bonchev–Trinajstić information content (AvgIpc) is 2.56. The second-order valence-electron chi connectivity index (χ2n) is 4.59. The first-order valence-electron chi connectivity index (χ1n) is 5.71. The van der Waals surface area contributed by atoms with E-state index in [4.69, 9.17) is 0 Å². The van der Waals surface area contributed by atoms with Crippen LogP contribution < -0.4 is 5.32 Å². The second-order valence-corrected chi connectivity index (χ2v) is 4.59. The first-order chi connectivity index (χ1) is 7.06. The van der Waals surface area contributed by atoms with Gasteiger partial charge in [0.05, 0.1) is 6.54 Å². The van der Waals surface area contributed by atoms with Crippen molar-refractivity contribution in [2.24, 2.45) is 5.92 Å². The van der Waals surface area contributed by atoms with Crippen LogP contribution in [0.25, 0.3) is 0 Å². The van der Waals surface area contributed by atoms with E-state index in [0.717, 1.165) is 19.6 Å². The summed E-state index contributed by atoms with van der Waals surface area (Å²) in [5, 5.41) is 3.08. The molecule has 1 N–H and O–H groups in total. The predicted octanol–water partition coefficient (Wildman–Crippen LogP) is 0.00440. The molecule has 1 amide bonds. The van der Waals surface area contributed by atoms with E-state index >= 15 is 0 Å². The Hall–Kier alpha value is -0.610. The number of carbonyl (C=O) groups excluding carboxylic acids is 1. The quantitative estimate of drug-likeness (QED) is 0.714. The first kappa shape index (κ1) is 12.5. The molecule has 0 radical (unpaired) electrons. The van der Waals surface area contributed by atoms with Gasteiger partial charge in [-0.15, -0.1) is 0 Å². The van der Waals surface area contributed by atoms with Crippen LogP contribution >= 0.6 is 0 Å². The highest BCUT2D eigenvalue weighted by atomic mass is 16.2. The van der Waals surface area contributed by atoms with Crippen molar-refractivity contribution in [2.45, 2.75) is 19.9 Å². The van der Waals surface area contributed by atoms with Crippen LogP contribution in [0.5, 0.6) is 0 Å². The summed E-state index contributed by atoms with van der Waals surface area (Å²) < 4.78 is 0. The Kier molecular flexibility index (Phi) is 4.54. The standard InChI is InChI=1S/C11H23N3O/c1-5-12-6-11(15)14-7-9(2)10(8-14)13(3)4/h9-10,12H,5-8H2,1-4H3. The lowest BCUT2D eigenvalue weighted by Gasteiger charge is -2.22. The SMILES string of the molecule is CCNCC(=O)N1CC(C)C(N(C)C)C1. The normalized spacial score (nSPS) is 26.3. The highest BCUT2D eigenvalue weighted by molar-refractivity contribution is 5.78. The number of amides is 1. The second kappa shape index (κ2) is 5.47. The summed E-state index contributed by atoms with van der Waals surface area (Å²) in [5.74, 6) is 0.804. The molecule has 4 nitrogen and oxygen atoms in total. The van der Waals surface area contributed by atoms with Crippen LogP contribution in [-0.4, -0.2) is 62.0 Å². The minimum atomic E-state index is 0.230. The van der Waals surface area contributed by atoms with E-state index in [1.165, 1.54) is 0 Å². The molecule has 1 saturated heterocycles. The van der Waals surface area contributed by atoms with Crippen LogP contribution in [0, 0.1) is 5.92 Å². The number of carbonyl (C=O) groups is 1. The maximum atomic E-state index is 11.8. The van der Waals surface area contributed by atoms with Crippen molar-refractivity contribution in [2.75, 3.05) is 40.3 Å². The van der Waals surface area contributed by atoms with Crippen molar-refractivity contribution in [1.29, 1.82) is 0 Å². The van der Waals surface area contributed by atoms with Crippen LogP contribution in [0.1, 0.15) is 13.8 Å². The molecule has 88 valence electrons. The van der Waals surface area contributed by atoms with Crippen molar-refractivity contribution in [3.8, 4) is 0 Å². The lowest BCUT2D eigenvalue weighted by molar-refractivity contribution is -0.129. The van der Waals surface area contributed by atoms with Crippen LogP contribution in [0.15, 0.2) is 0 Å². The number of rotatable bonds is 4. The lowest BCUT2D eigenvalue weighted by atomic mass is 10.1. The van der Waals surface area contributed by atoms with Gasteiger partial charge in [-0.2, -0.15) is 0 Å². The van der Waals surface area contributed by atoms with Crippen molar-refractivity contribution >= 4 is 5.91 Å². The summed E-state index contributed by atoms with van der Waals surface area (Å²) in [6.07, 6.45) is 0. The summed E-state index contributed by atoms with van der Waals surface area (Å²) >= 11 is 0. The van der Waals surface area contributed by atoms with Gasteiger partial charge in [0.25, 0.3) is 0 Å². The van der Waals surface area contributed by atoms with E-state index in [-0.39, 0.29) is 5.91 Å². The molecule has 0 aromatic heterocycles. The highest BCUT2D eigenvalue weighted by Crippen LogP contribution is 2.19. The first-order valence-corrected chi connectivity index (χ1v) is 5.71. The maximum absolute atomic E-state index is 11.8. The van der Waals surface area contributed by atoms with Crippen LogP contribution in [0.4, 0.5) is 0 Å². The van der Waals surface area contributed by atoms with Crippen LogP contribution in [-0.2, 0) is 4.79 Å². The van der Waals surface area contributed by atoms with E-state index in [9.17, 15) is 4.79 Å². The molecule has 0 bridgehead atoms. The fourth-order valence-corrected chi connectivity index (χ4v) is 2.17. The van der Waals surface area contributed by atoms with E-state index in [0.29, 0.717) is 18.5 Å². The molecular formula is C11H23N3O. The number of nitrogens with one attached hydrogen (secondary N) is 1. The van der Waals surface area contributed by atoms with Gasteiger partial charge < -0.3 is 15.1 Å². The molecule has 15 heavy (non-hydrogen) atoms. The van der Waals surface area contributed by atoms with E-state index in [1.807, 2.05) is 11.8 Å². The molecule has 4 heteroatoms. The Bertz CT molecular complexity index is 218. The smallest absolute Gasteiger partial charge is 0.236 e. The Labute approximate surface area is 92.6 Å². The third-order valence-electron chi connectivity index (χ3n) is 3.11. The Morgan fingerprint density at radius 3 is 2.60 bits per heavy atom. The van der Waals surface area contributed by atoms with Gasteiger partial charge >= 0.3 is 0 Å². The number of likely N-dealkylation sites (tertiary alicyclic amines) is 1. The van der Waals surface area contributed by atoms with Crippen LogP contribution in [0.2, 0.25) is 0 Å². The molecule has 0 saturated carbocycles. The molecule has 1 fully saturated rings. The zero-order valence-electron chi connectivity index (χ0n) is 10.3.